The van der Waals surface area contributed by atoms with Gasteiger partial charge in [0.05, 0.1) is 12.0 Å². The summed E-state index contributed by atoms with van der Waals surface area (Å²) in [7, 11) is 1.71. The third-order valence-electron chi connectivity index (χ3n) is 2.82. The first-order valence-corrected chi connectivity index (χ1v) is 5.61. The Morgan fingerprint density at radius 3 is 2.84 bits per heavy atom. The van der Waals surface area contributed by atoms with Crippen LogP contribution in [0.5, 0.6) is 0 Å². The number of imidazole rings is 1. The minimum Gasteiger partial charge on any atom is -0.368 e. The van der Waals surface area contributed by atoms with Gasteiger partial charge in [0, 0.05) is 7.05 Å². The van der Waals surface area contributed by atoms with Gasteiger partial charge in [0.15, 0.2) is 11.5 Å². The van der Waals surface area contributed by atoms with Crippen LogP contribution in [0.4, 0.5) is 21.8 Å². The lowest BCUT2D eigenvalue weighted by molar-refractivity contribution is 0.627. The van der Waals surface area contributed by atoms with E-state index in [-0.39, 0.29) is 11.8 Å². The maximum atomic E-state index is 13.8. The number of nitrogens with two attached hydrogens (primary N) is 1. The molecular formula is C12H11FN6. The normalized spacial score (nSPS) is 10.8. The molecule has 0 aliphatic heterocycles. The monoisotopic (exact) mass is 258 g/mol. The van der Waals surface area contributed by atoms with Crippen molar-refractivity contribution in [3.8, 4) is 0 Å². The Hall–Kier alpha value is -2.70. The molecule has 0 saturated heterocycles. The van der Waals surface area contributed by atoms with Crippen LogP contribution in [0.3, 0.4) is 0 Å². The van der Waals surface area contributed by atoms with Gasteiger partial charge in [-0.25, -0.2) is 9.37 Å². The van der Waals surface area contributed by atoms with E-state index in [1.165, 1.54) is 12.4 Å². The molecule has 0 saturated carbocycles. The van der Waals surface area contributed by atoms with Gasteiger partial charge in [0.1, 0.15) is 11.3 Å². The maximum Gasteiger partial charge on any atom is 0.224 e. The van der Waals surface area contributed by atoms with Gasteiger partial charge in [-0.2, -0.15) is 9.97 Å². The summed E-state index contributed by atoms with van der Waals surface area (Å²) in [5.41, 5.74) is 7.10. The molecular weight excluding hydrogens is 247 g/mol. The molecule has 6 nitrogen and oxygen atoms in total. The van der Waals surface area contributed by atoms with Gasteiger partial charge in [0.2, 0.25) is 5.95 Å². The summed E-state index contributed by atoms with van der Waals surface area (Å²) in [6, 6.07) is 6.44. The van der Waals surface area contributed by atoms with Crippen LogP contribution in [0.1, 0.15) is 0 Å². The predicted molar refractivity (Wildman–Crippen MR) is 70.6 cm³/mol. The van der Waals surface area contributed by atoms with Crippen molar-refractivity contribution in [2.24, 2.45) is 0 Å². The molecule has 0 amide bonds. The van der Waals surface area contributed by atoms with Crippen molar-refractivity contribution < 1.29 is 4.39 Å². The lowest BCUT2D eigenvalue weighted by Crippen LogP contribution is -2.14. The van der Waals surface area contributed by atoms with Crippen molar-refractivity contribution in [3.63, 3.8) is 0 Å². The van der Waals surface area contributed by atoms with Crippen molar-refractivity contribution in [1.29, 1.82) is 0 Å². The van der Waals surface area contributed by atoms with Crippen LogP contribution in [0.15, 0.2) is 30.6 Å². The van der Waals surface area contributed by atoms with E-state index in [0.717, 1.165) is 0 Å². The molecule has 1 aromatic carbocycles. The highest BCUT2D eigenvalue weighted by molar-refractivity contribution is 5.86. The fourth-order valence-corrected chi connectivity index (χ4v) is 1.91. The Morgan fingerprint density at radius 1 is 1.26 bits per heavy atom. The second-order valence-corrected chi connectivity index (χ2v) is 4.02. The number of fused-ring (bicyclic) bond motifs is 1. The van der Waals surface area contributed by atoms with Gasteiger partial charge >= 0.3 is 0 Å². The third-order valence-corrected chi connectivity index (χ3v) is 2.82. The molecule has 0 aliphatic carbocycles. The molecule has 19 heavy (non-hydrogen) atoms. The fraction of sp³-hybridized carbons (Fsp3) is 0.0833. The lowest BCUT2D eigenvalue weighted by Gasteiger charge is -2.19. The van der Waals surface area contributed by atoms with Crippen molar-refractivity contribution in [3.05, 3.63) is 36.4 Å². The number of nitrogens with zero attached hydrogens (tertiary/aromatic N) is 4. The predicted octanol–water partition coefficient (Wildman–Crippen LogP) is 1.84. The zero-order chi connectivity index (χ0) is 13.4. The number of hydrogen-bond acceptors (Lipinski definition) is 5. The number of hydrogen-bond donors (Lipinski definition) is 2. The minimum absolute atomic E-state index is 0.0952. The molecule has 0 spiro atoms. The number of nitrogens with one attached hydrogen (secondary N) is 1. The first-order valence-electron chi connectivity index (χ1n) is 5.61. The highest BCUT2D eigenvalue weighted by Crippen LogP contribution is 2.28. The van der Waals surface area contributed by atoms with Gasteiger partial charge in [-0.1, -0.05) is 12.1 Å². The summed E-state index contributed by atoms with van der Waals surface area (Å²) < 4.78 is 13.8. The van der Waals surface area contributed by atoms with Gasteiger partial charge < -0.3 is 15.6 Å². The van der Waals surface area contributed by atoms with Crippen LogP contribution in [0.25, 0.3) is 11.2 Å². The Balaban J connectivity index is 2.19. The molecule has 0 fully saturated rings. The number of halogens is 1. The van der Waals surface area contributed by atoms with E-state index in [1.807, 2.05) is 0 Å². The van der Waals surface area contributed by atoms with Crippen LogP contribution < -0.4 is 10.6 Å². The van der Waals surface area contributed by atoms with Crippen molar-refractivity contribution in [2.45, 2.75) is 0 Å². The summed E-state index contributed by atoms with van der Waals surface area (Å²) in [4.78, 5) is 16.7. The van der Waals surface area contributed by atoms with Gasteiger partial charge in [-0.05, 0) is 12.1 Å². The molecule has 3 N–H and O–H groups in total. The van der Waals surface area contributed by atoms with Crippen LogP contribution >= 0.6 is 0 Å². The smallest absolute Gasteiger partial charge is 0.224 e. The molecule has 2 aromatic heterocycles. The van der Waals surface area contributed by atoms with Crippen LogP contribution in [0.2, 0.25) is 0 Å². The number of para-hydroxylation sites is 1. The number of aromatic nitrogens is 4. The van der Waals surface area contributed by atoms with E-state index in [9.17, 15) is 4.39 Å². The summed E-state index contributed by atoms with van der Waals surface area (Å²) in [6.45, 7) is 0. The molecule has 2 heterocycles. The standard InChI is InChI=1S/C12H11FN6/c1-19(8-5-3-2-4-7(8)13)11-9-10(16-6-15-9)17-12(14)18-11/h2-6H,1H3,(H3,14,15,16,17,18). The van der Waals surface area contributed by atoms with Gasteiger partial charge in [-0.15, -0.1) is 0 Å². The van der Waals surface area contributed by atoms with Crippen LogP contribution in [0, 0.1) is 5.82 Å². The van der Waals surface area contributed by atoms with E-state index in [4.69, 9.17) is 5.73 Å². The molecule has 96 valence electrons. The largest absolute Gasteiger partial charge is 0.368 e. The van der Waals surface area contributed by atoms with Gasteiger partial charge in [0.25, 0.3) is 0 Å². The average Bonchev–Trinajstić information content (AvgIpc) is 2.85. The van der Waals surface area contributed by atoms with Crippen molar-refractivity contribution in [2.75, 3.05) is 17.7 Å². The summed E-state index contributed by atoms with van der Waals surface area (Å²) in [5.74, 6) is 0.234. The van der Waals surface area contributed by atoms with Gasteiger partial charge in [-0.3, -0.25) is 0 Å². The quantitative estimate of drug-likeness (QED) is 0.732. The SMILES string of the molecule is CN(c1ccccc1F)c1nc(N)nc2nc[nH]c12. The molecule has 3 rings (SSSR count). The summed E-state index contributed by atoms with van der Waals surface area (Å²) in [6.07, 6.45) is 1.50. The third kappa shape index (κ3) is 1.85. The van der Waals surface area contributed by atoms with Crippen LogP contribution in [-0.2, 0) is 0 Å². The zero-order valence-electron chi connectivity index (χ0n) is 10.1. The number of aromatic amines is 1. The Bertz CT molecular complexity index is 738. The summed E-state index contributed by atoms with van der Waals surface area (Å²) in [5, 5.41) is 0. The minimum atomic E-state index is -0.338. The number of H-pyrrole nitrogens is 1. The number of anilines is 3. The molecule has 0 unspecified atom stereocenters. The lowest BCUT2D eigenvalue weighted by atomic mass is 10.3. The Labute approximate surface area is 108 Å². The van der Waals surface area contributed by atoms with E-state index in [1.54, 1.807) is 30.1 Å². The highest BCUT2D eigenvalue weighted by atomic mass is 19.1. The second kappa shape index (κ2) is 4.20. The van der Waals surface area contributed by atoms with E-state index in [2.05, 4.69) is 19.9 Å². The second-order valence-electron chi connectivity index (χ2n) is 4.02. The number of rotatable bonds is 2. The molecule has 7 heteroatoms. The van der Waals surface area contributed by atoms with E-state index >= 15 is 0 Å². The zero-order valence-corrected chi connectivity index (χ0v) is 10.1. The Kier molecular flexibility index (Phi) is 2.52. The summed E-state index contributed by atoms with van der Waals surface area (Å²) >= 11 is 0. The number of benzene rings is 1. The first-order chi connectivity index (χ1) is 9.16. The maximum absolute atomic E-state index is 13.8. The Morgan fingerprint density at radius 2 is 2.05 bits per heavy atom. The van der Waals surface area contributed by atoms with Crippen LogP contribution in [-0.4, -0.2) is 27.0 Å². The molecule has 0 aliphatic rings. The molecule has 0 radical (unpaired) electrons. The van der Waals surface area contributed by atoms with E-state index in [0.29, 0.717) is 22.7 Å². The molecule has 0 atom stereocenters. The van der Waals surface area contributed by atoms with Crippen molar-refractivity contribution in [1.82, 2.24) is 19.9 Å². The van der Waals surface area contributed by atoms with E-state index < -0.39 is 0 Å². The fourth-order valence-electron chi connectivity index (χ4n) is 1.91. The number of nitrogen functional groups attached to an aromatic ring is 1. The first kappa shape index (κ1) is 11.4. The topological polar surface area (TPSA) is 83.7 Å². The molecule has 0 bridgehead atoms. The van der Waals surface area contributed by atoms with Crippen molar-refractivity contribution >= 4 is 28.6 Å². The molecule has 3 aromatic rings. The highest BCUT2D eigenvalue weighted by Gasteiger charge is 2.16. The average molecular weight is 258 g/mol.